The van der Waals surface area contributed by atoms with Crippen molar-refractivity contribution in [1.29, 1.82) is 0 Å². The van der Waals surface area contributed by atoms with Gasteiger partial charge in [-0.2, -0.15) is 0 Å². The molecule has 0 saturated carbocycles. The number of rotatable bonds is 3. The highest BCUT2D eigenvalue weighted by Crippen LogP contribution is 2.29. The van der Waals surface area contributed by atoms with E-state index >= 15 is 0 Å². The van der Waals surface area contributed by atoms with Crippen LogP contribution in [0, 0.1) is 6.92 Å². The molecule has 0 saturated heterocycles. The molecule has 0 aliphatic carbocycles. The quantitative estimate of drug-likeness (QED) is 0.849. The predicted octanol–water partition coefficient (Wildman–Crippen LogP) is 2.64. The van der Waals surface area contributed by atoms with Gasteiger partial charge in [-0.3, -0.25) is 0 Å². The highest BCUT2D eigenvalue weighted by Gasteiger charge is 2.03. The first-order valence-corrected chi connectivity index (χ1v) is 4.69. The first-order chi connectivity index (χ1) is 6.15. The SMILES string of the molecule is Cc1c(Cl)cc(OCCN)cc1Cl. The second-order valence-corrected chi connectivity index (χ2v) is 3.46. The van der Waals surface area contributed by atoms with E-state index in [0.717, 1.165) is 5.56 Å². The van der Waals surface area contributed by atoms with Crippen LogP contribution in [0.25, 0.3) is 0 Å². The number of nitrogens with two attached hydrogens (primary N) is 1. The Kier molecular flexibility index (Phi) is 3.85. The molecule has 0 heterocycles. The summed E-state index contributed by atoms with van der Waals surface area (Å²) in [6.45, 7) is 2.80. The molecule has 4 heteroatoms. The number of ether oxygens (including phenoxy) is 1. The number of hydrogen-bond acceptors (Lipinski definition) is 2. The summed E-state index contributed by atoms with van der Waals surface area (Å²) in [5.41, 5.74) is 6.16. The van der Waals surface area contributed by atoms with E-state index in [1.54, 1.807) is 12.1 Å². The van der Waals surface area contributed by atoms with Crippen LogP contribution >= 0.6 is 23.2 Å². The maximum absolute atomic E-state index is 5.90. The van der Waals surface area contributed by atoms with Crippen molar-refractivity contribution in [2.45, 2.75) is 6.92 Å². The molecule has 2 N–H and O–H groups in total. The molecule has 0 bridgehead atoms. The van der Waals surface area contributed by atoms with Crippen LogP contribution in [-0.4, -0.2) is 13.2 Å². The average molecular weight is 220 g/mol. The first-order valence-electron chi connectivity index (χ1n) is 3.93. The van der Waals surface area contributed by atoms with E-state index < -0.39 is 0 Å². The smallest absolute Gasteiger partial charge is 0.122 e. The van der Waals surface area contributed by atoms with Gasteiger partial charge in [-0.1, -0.05) is 23.2 Å². The van der Waals surface area contributed by atoms with Crippen molar-refractivity contribution in [1.82, 2.24) is 0 Å². The lowest BCUT2D eigenvalue weighted by molar-refractivity contribution is 0.328. The topological polar surface area (TPSA) is 35.2 Å². The summed E-state index contributed by atoms with van der Waals surface area (Å²) in [5.74, 6) is 0.658. The lowest BCUT2D eigenvalue weighted by atomic mass is 10.2. The van der Waals surface area contributed by atoms with E-state index in [0.29, 0.717) is 28.9 Å². The van der Waals surface area contributed by atoms with Gasteiger partial charge in [0.15, 0.2) is 0 Å². The summed E-state index contributed by atoms with van der Waals surface area (Å²) >= 11 is 11.8. The number of hydrogen-bond donors (Lipinski definition) is 1. The normalized spacial score (nSPS) is 10.2. The van der Waals surface area contributed by atoms with Crippen LogP contribution in [0.1, 0.15) is 5.56 Å². The Morgan fingerprint density at radius 3 is 2.31 bits per heavy atom. The summed E-state index contributed by atoms with van der Waals surface area (Å²) in [6, 6.07) is 3.47. The maximum Gasteiger partial charge on any atom is 0.122 e. The molecule has 1 aromatic carbocycles. The zero-order chi connectivity index (χ0) is 9.84. The fraction of sp³-hybridized carbons (Fsp3) is 0.333. The second kappa shape index (κ2) is 4.70. The molecule has 0 fully saturated rings. The molecule has 0 aliphatic rings. The van der Waals surface area contributed by atoms with Crippen molar-refractivity contribution in [3.63, 3.8) is 0 Å². The monoisotopic (exact) mass is 219 g/mol. The first kappa shape index (κ1) is 10.6. The third-order valence-electron chi connectivity index (χ3n) is 1.64. The van der Waals surface area contributed by atoms with Crippen LogP contribution in [0.2, 0.25) is 10.0 Å². The Balaban J connectivity index is 2.86. The molecule has 0 aliphatic heterocycles. The molecule has 0 spiro atoms. The molecule has 1 aromatic rings. The van der Waals surface area contributed by atoms with E-state index in [1.807, 2.05) is 6.92 Å². The van der Waals surface area contributed by atoms with Crippen LogP contribution in [0.4, 0.5) is 0 Å². The predicted molar refractivity (Wildman–Crippen MR) is 55.7 cm³/mol. The van der Waals surface area contributed by atoms with E-state index in [4.69, 9.17) is 33.7 Å². The van der Waals surface area contributed by atoms with Crippen molar-refractivity contribution in [3.05, 3.63) is 27.7 Å². The van der Waals surface area contributed by atoms with Crippen LogP contribution < -0.4 is 10.5 Å². The largest absolute Gasteiger partial charge is 0.492 e. The molecule has 0 radical (unpaired) electrons. The zero-order valence-corrected chi connectivity index (χ0v) is 8.82. The van der Waals surface area contributed by atoms with Crippen LogP contribution in [0.15, 0.2) is 12.1 Å². The van der Waals surface area contributed by atoms with Crippen molar-refractivity contribution >= 4 is 23.2 Å². The Labute approximate surface area is 87.6 Å². The molecule has 1 rings (SSSR count). The van der Waals surface area contributed by atoms with Crippen molar-refractivity contribution < 1.29 is 4.74 Å². The number of benzene rings is 1. The lowest BCUT2D eigenvalue weighted by Gasteiger charge is -2.07. The minimum atomic E-state index is 0.468. The summed E-state index contributed by atoms with van der Waals surface area (Å²) in [5, 5.41) is 1.22. The van der Waals surface area contributed by atoms with Gasteiger partial charge in [0.25, 0.3) is 0 Å². The summed E-state index contributed by atoms with van der Waals surface area (Å²) in [6.07, 6.45) is 0. The van der Waals surface area contributed by atoms with Gasteiger partial charge >= 0.3 is 0 Å². The fourth-order valence-electron chi connectivity index (χ4n) is 0.882. The van der Waals surface area contributed by atoms with Crippen molar-refractivity contribution in [2.75, 3.05) is 13.2 Å². The van der Waals surface area contributed by atoms with E-state index in [9.17, 15) is 0 Å². The summed E-state index contributed by atoms with van der Waals surface area (Å²) in [4.78, 5) is 0. The maximum atomic E-state index is 5.90. The van der Waals surface area contributed by atoms with E-state index in [-0.39, 0.29) is 0 Å². The fourth-order valence-corrected chi connectivity index (χ4v) is 1.35. The van der Waals surface area contributed by atoms with Gasteiger partial charge < -0.3 is 10.5 Å². The molecular formula is C9H11Cl2NO. The lowest BCUT2D eigenvalue weighted by Crippen LogP contribution is -2.10. The van der Waals surface area contributed by atoms with Crippen molar-refractivity contribution in [2.24, 2.45) is 5.73 Å². The van der Waals surface area contributed by atoms with Crippen molar-refractivity contribution in [3.8, 4) is 5.75 Å². The summed E-state index contributed by atoms with van der Waals surface area (Å²) in [7, 11) is 0. The Bertz CT molecular complexity index is 279. The highest BCUT2D eigenvalue weighted by molar-refractivity contribution is 6.36. The van der Waals surface area contributed by atoms with Crippen LogP contribution in [-0.2, 0) is 0 Å². The minimum Gasteiger partial charge on any atom is -0.492 e. The van der Waals surface area contributed by atoms with Gasteiger partial charge in [-0.15, -0.1) is 0 Å². The Hall–Kier alpha value is -0.440. The molecule has 72 valence electrons. The molecule has 2 nitrogen and oxygen atoms in total. The van der Waals surface area contributed by atoms with Crippen LogP contribution in [0.3, 0.4) is 0 Å². The van der Waals surface area contributed by atoms with E-state index in [1.165, 1.54) is 0 Å². The zero-order valence-electron chi connectivity index (χ0n) is 7.31. The average Bonchev–Trinajstić information content (AvgIpc) is 2.10. The molecule has 0 atom stereocenters. The van der Waals surface area contributed by atoms with Gasteiger partial charge in [0, 0.05) is 16.6 Å². The minimum absolute atomic E-state index is 0.468. The Morgan fingerprint density at radius 1 is 1.31 bits per heavy atom. The van der Waals surface area contributed by atoms with Gasteiger partial charge in [0.05, 0.1) is 0 Å². The van der Waals surface area contributed by atoms with Gasteiger partial charge in [-0.25, -0.2) is 0 Å². The van der Waals surface area contributed by atoms with Gasteiger partial charge in [0.2, 0.25) is 0 Å². The van der Waals surface area contributed by atoms with Crippen LogP contribution in [0.5, 0.6) is 5.75 Å². The Morgan fingerprint density at radius 2 is 1.85 bits per heavy atom. The van der Waals surface area contributed by atoms with E-state index in [2.05, 4.69) is 0 Å². The third-order valence-corrected chi connectivity index (χ3v) is 2.43. The third kappa shape index (κ3) is 2.76. The van der Waals surface area contributed by atoms with Gasteiger partial charge in [0.1, 0.15) is 12.4 Å². The molecule has 0 amide bonds. The molecular weight excluding hydrogens is 209 g/mol. The second-order valence-electron chi connectivity index (χ2n) is 2.65. The highest BCUT2D eigenvalue weighted by atomic mass is 35.5. The molecule has 0 aromatic heterocycles. The number of halogens is 2. The molecule has 13 heavy (non-hydrogen) atoms. The standard InChI is InChI=1S/C9H11Cl2NO/c1-6-8(10)4-7(5-9(6)11)13-3-2-12/h4-5H,2-3,12H2,1H3. The molecule has 0 unspecified atom stereocenters. The summed E-state index contributed by atoms with van der Waals surface area (Å²) < 4.78 is 5.28. The van der Waals surface area contributed by atoms with Gasteiger partial charge in [-0.05, 0) is 24.6 Å².